The summed E-state index contributed by atoms with van der Waals surface area (Å²) < 4.78 is 2.01. The number of carbonyl (C=O) groups is 1. The molecule has 1 fully saturated rings. The number of anilines is 1. The molecule has 4 nitrogen and oxygen atoms in total. The summed E-state index contributed by atoms with van der Waals surface area (Å²) in [5.74, 6) is -0.00291. The number of rotatable bonds is 4. The Morgan fingerprint density at radius 2 is 2.00 bits per heavy atom. The van der Waals surface area contributed by atoms with E-state index in [1.54, 1.807) is 0 Å². The van der Waals surface area contributed by atoms with Gasteiger partial charge in [-0.05, 0) is 49.6 Å². The van der Waals surface area contributed by atoms with Gasteiger partial charge in [-0.2, -0.15) is 0 Å². The molecule has 2 aromatic rings. The van der Waals surface area contributed by atoms with Crippen LogP contribution in [0, 0.1) is 0 Å². The van der Waals surface area contributed by atoms with Crippen LogP contribution in [0.25, 0.3) is 5.69 Å². The number of hydrogen-bond donors (Lipinski definition) is 2. The number of hydrogen-bond acceptors (Lipinski definition) is 2. The number of nitrogens with two attached hydrogens (primary N) is 1. The van der Waals surface area contributed by atoms with Gasteiger partial charge in [-0.25, -0.2) is 0 Å². The Bertz CT molecular complexity index is 600. The summed E-state index contributed by atoms with van der Waals surface area (Å²) in [6, 6.07) is 11.7. The highest BCUT2D eigenvalue weighted by Crippen LogP contribution is 2.32. The summed E-state index contributed by atoms with van der Waals surface area (Å²) in [7, 11) is 0. The second kappa shape index (κ2) is 5.13. The second-order valence-corrected chi connectivity index (χ2v) is 5.58. The van der Waals surface area contributed by atoms with Gasteiger partial charge in [0.15, 0.2) is 0 Å². The zero-order chi connectivity index (χ0) is 14.0. The number of carbonyl (C=O) groups excluding carboxylic acids is 1. The van der Waals surface area contributed by atoms with Crippen molar-refractivity contribution in [3.05, 3.63) is 48.8 Å². The molecule has 0 unspecified atom stereocenters. The van der Waals surface area contributed by atoms with Gasteiger partial charge >= 0.3 is 0 Å². The first-order valence-corrected chi connectivity index (χ1v) is 6.97. The molecule has 104 valence electrons. The third-order valence-electron chi connectivity index (χ3n) is 3.89. The minimum absolute atomic E-state index is 0.00291. The van der Waals surface area contributed by atoms with Crippen molar-refractivity contribution in [2.75, 3.05) is 5.32 Å². The Morgan fingerprint density at radius 1 is 1.25 bits per heavy atom. The van der Waals surface area contributed by atoms with Gasteiger partial charge in [-0.15, -0.1) is 0 Å². The smallest absolute Gasteiger partial charge is 0.226 e. The maximum Gasteiger partial charge on any atom is 0.226 e. The van der Waals surface area contributed by atoms with Crippen molar-refractivity contribution in [3.8, 4) is 5.69 Å². The summed E-state index contributed by atoms with van der Waals surface area (Å²) >= 11 is 0. The third-order valence-corrected chi connectivity index (χ3v) is 3.89. The van der Waals surface area contributed by atoms with Crippen LogP contribution in [-0.4, -0.2) is 16.0 Å². The predicted molar refractivity (Wildman–Crippen MR) is 79.8 cm³/mol. The minimum Gasteiger partial charge on any atom is -0.326 e. The molecule has 0 aliphatic heterocycles. The fraction of sp³-hybridized carbons (Fsp3) is 0.312. The van der Waals surface area contributed by atoms with Crippen molar-refractivity contribution in [1.82, 2.24) is 4.57 Å². The lowest BCUT2D eigenvalue weighted by molar-refractivity contribution is -0.118. The number of nitrogens with one attached hydrogen (secondary N) is 1. The van der Waals surface area contributed by atoms with Crippen LogP contribution in [0.1, 0.15) is 25.7 Å². The molecule has 4 heteroatoms. The molecule has 0 bridgehead atoms. The maximum atomic E-state index is 12.0. The van der Waals surface area contributed by atoms with E-state index in [4.69, 9.17) is 5.73 Å². The van der Waals surface area contributed by atoms with Crippen LogP contribution in [0.15, 0.2) is 48.8 Å². The molecule has 0 radical (unpaired) electrons. The van der Waals surface area contributed by atoms with Crippen molar-refractivity contribution in [1.29, 1.82) is 0 Å². The largest absolute Gasteiger partial charge is 0.326 e. The van der Waals surface area contributed by atoms with E-state index >= 15 is 0 Å². The standard InChI is InChI=1S/C16H19N3O/c17-16(7-4-8-16)12-15(20)18-13-5-3-6-14(11-13)19-9-1-2-10-19/h1-3,5-6,9-11H,4,7-8,12,17H2,(H,18,20). The third kappa shape index (κ3) is 2.75. The number of benzene rings is 1. The highest BCUT2D eigenvalue weighted by atomic mass is 16.1. The Balaban J connectivity index is 1.68. The zero-order valence-electron chi connectivity index (χ0n) is 11.4. The summed E-state index contributed by atoms with van der Waals surface area (Å²) in [6.45, 7) is 0. The minimum atomic E-state index is -0.276. The van der Waals surface area contributed by atoms with Gasteiger partial charge in [0.1, 0.15) is 0 Å². The number of nitrogens with zero attached hydrogens (tertiary/aromatic N) is 1. The van der Waals surface area contributed by atoms with Gasteiger partial charge < -0.3 is 15.6 Å². The predicted octanol–water partition coefficient (Wildman–Crippen LogP) is 2.69. The first kappa shape index (κ1) is 12.9. The maximum absolute atomic E-state index is 12.0. The van der Waals surface area contributed by atoms with Gasteiger partial charge in [0.2, 0.25) is 5.91 Å². The summed E-state index contributed by atoms with van der Waals surface area (Å²) in [4.78, 5) is 12.0. The first-order chi connectivity index (χ1) is 9.65. The molecular weight excluding hydrogens is 250 g/mol. The van der Waals surface area contributed by atoms with E-state index in [-0.39, 0.29) is 11.4 Å². The zero-order valence-corrected chi connectivity index (χ0v) is 11.4. The molecule has 1 aliphatic rings. The number of amides is 1. The van der Waals surface area contributed by atoms with Crippen molar-refractivity contribution in [2.45, 2.75) is 31.2 Å². The molecule has 1 heterocycles. The Morgan fingerprint density at radius 3 is 2.65 bits per heavy atom. The van der Waals surface area contributed by atoms with Gasteiger partial charge in [0.25, 0.3) is 0 Å². The Labute approximate surface area is 118 Å². The van der Waals surface area contributed by atoms with Crippen LogP contribution >= 0.6 is 0 Å². The molecule has 20 heavy (non-hydrogen) atoms. The molecule has 3 N–H and O–H groups in total. The van der Waals surface area contributed by atoms with Crippen LogP contribution in [0.4, 0.5) is 5.69 Å². The van der Waals surface area contributed by atoms with E-state index in [2.05, 4.69) is 5.32 Å². The van der Waals surface area contributed by atoms with E-state index in [0.29, 0.717) is 6.42 Å². The van der Waals surface area contributed by atoms with Crippen LogP contribution in [-0.2, 0) is 4.79 Å². The second-order valence-electron chi connectivity index (χ2n) is 5.58. The Hall–Kier alpha value is -2.07. The summed E-state index contributed by atoms with van der Waals surface area (Å²) in [5.41, 5.74) is 7.66. The highest BCUT2D eigenvalue weighted by molar-refractivity contribution is 5.91. The molecule has 0 atom stereocenters. The van der Waals surface area contributed by atoms with Gasteiger partial charge in [0, 0.05) is 35.7 Å². The summed E-state index contributed by atoms with van der Waals surface area (Å²) in [5, 5.41) is 2.94. The fourth-order valence-corrected chi connectivity index (χ4v) is 2.58. The van der Waals surface area contributed by atoms with Crippen molar-refractivity contribution in [3.63, 3.8) is 0 Å². The molecule has 0 spiro atoms. The van der Waals surface area contributed by atoms with Crippen LogP contribution in [0.5, 0.6) is 0 Å². The molecule has 0 saturated heterocycles. The molecule has 1 amide bonds. The normalized spacial score (nSPS) is 16.4. The van der Waals surface area contributed by atoms with E-state index < -0.39 is 0 Å². The lowest BCUT2D eigenvalue weighted by atomic mass is 9.75. The molecule has 1 aromatic heterocycles. The van der Waals surface area contributed by atoms with Crippen LogP contribution in [0.2, 0.25) is 0 Å². The molecule has 1 saturated carbocycles. The van der Waals surface area contributed by atoms with E-state index in [1.165, 1.54) is 0 Å². The van der Waals surface area contributed by atoms with Gasteiger partial charge in [-0.3, -0.25) is 4.79 Å². The topological polar surface area (TPSA) is 60.1 Å². The lowest BCUT2D eigenvalue weighted by Gasteiger charge is -2.37. The van der Waals surface area contributed by atoms with Crippen molar-refractivity contribution < 1.29 is 4.79 Å². The van der Waals surface area contributed by atoms with E-state index in [1.807, 2.05) is 53.4 Å². The summed E-state index contributed by atoms with van der Waals surface area (Å²) in [6.07, 6.45) is 7.38. The molecule has 3 rings (SSSR count). The van der Waals surface area contributed by atoms with Gasteiger partial charge in [0.05, 0.1) is 0 Å². The van der Waals surface area contributed by atoms with E-state index in [0.717, 1.165) is 30.6 Å². The fourth-order valence-electron chi connectivity index (χ4n) is 2.58. The molecular formula is C16H19N3O. The van der Waals surface area contributed by atoms with Crippen LogP contribution in [0.3, 0.4) is 0 Å². The molecule has 1 aliphatic carbocycles. The Kier molecular flexibility index (Phi) is 3.32. The first-order valence-electron chi connectivity index (χ1n) is 6.97. The van der Waals surface area contributed by atoms with Crippen LogP contribution < -0.4 is 11.1 Å². The molecule has 1 aromatic carbocycles. The quantitative estimate of drug-likeness (QED) is 0.896. The van der Waals surface area contributed by atoms with Crippen molar-refractivity contribution >= 4 is 11.6 Å². The average Bonchev–Trinajstić information content (AvgIpc) is 2.91. The SMILES string of the molecule is NC1(CC(=O)Nc2cccc(-n3cccc3)c2)CCC1. The average molecular weight is 269 g/mol. The highest BCUT2D eigenvalue weighted by Gasteiger charge is 2.34. The van der Waals surface area contributed by atoms with Crippen molar-refractivity contribution in [2.24, 2.45) is 5.73 Å². The number of aromatic nitrogens is 1. The van der Waals surface area contributed by atoms with E-state index in [9.17, 15) is 4.79 Å². The lowest BCUT2D eigenvalue weighted by Crippen LogP contribution is -2.48. The monoisotopic (exact) mass is 269 g/mol. The van der Waals surface area contributed by atoms with Gasteiger partial charge in [-0.1, -0.05) is 6.07 Å².